The fourth-order valence-electron chi connectivity index (χ4n) is 2.86. The molecule has 0 spiro atoms. The van der Waals surface area contributed by atoms with Crippen molar-refractivity contribution in [2.45, 2.75) is 6.42 Å². The van der Waals surface area contributed by atoms with Crippen LogP contribution in [0.1, 0.15) is 11.3 Å². The lowest BCUT2D eigenvalue weighted by atomic mass is 10.1. The molecule has 0 saturated carbocycles. The maximum Gasteiger partial charge on any atom is 0.269 e. The average Bonchev–Trinajstić information content (AvgIpc) is 3.22. The van der Waals surface area contributed by atoms with E-state index in [1.807, 2.05) is 12.1 Å². The number of rotatable bonds is 8. The van der Waals surface area contributed by atoms with Gasteiger partial charge in [-0.15, -0.1) is 0 Å². The van der Waals surface area contributed by atoms with Gasteiger partial charge in [0.05, 0.1) is 37.5 Å². The van der Waals surface area contributed by atoms with Gasteiger partial charge in [-0.05, 0) is 42.0 Å². The number of nitro benzene ring substituents is 1. The molecule has 0 bridgehead atoms. The summed E-state index contributed by atoms with van der Waals surface area (Å²) in [7, 11) is 3.08. The number of benzene rings is 2. The topological polar surface area (TPSA) is 108 Å². The quantitative estimate of drug-likeness (QED) is 0.350. The number of amides is 1. The van der Waals surface area contributed by atoms with Crippen molar-refractivity contribution in [2.75, 3.05) is 14.2 Å². The number of hydrazone groups is 1. The molecule has 9 heteroatoms. The molecule has 30 heavy (non-hydrogen) atoms. The molecule has 0 atom stereocenters. The van der Waals surface area contributed by atoms with E-state index in [4.69, 9.17) is 9.47 Å². The summed E-state index contributed by atoms with van der Waals surface area (Å²) in [6.45, 7) is 0. The summed E-state index contributed by atoms with van der Waals surface area (Å²) in [5, 5.41) is 14.8. The van der Waals surface area contributed by atoms with Crippen LogP contribution in [0.25, 0.3) is 5.69 Å². The van der Waals surface area contributed by atoms with Gasteiger partial charge < -0.3 is 14.0 Å². The van der Waals surface area contributed by atoms with Crippen molar-refractivity contribution in [1.29, 1.82) is 0 Å². The van der Waals surface area contributed by atoms with Gasteiger partial charge in [0.2, 0.25) is 5.91 Å². The fraction of sp³-hybridized carbons (Fsp3) is 0.143. The van der Waals surface area contributed by atoms with Crippen molar-refractivity contribution < 1.29 is 19.2 Å². The Balaban J connectivity index is 1.64. The number of ether oxygens (including phenoxy) is 2. The average molecular weight is 408 g/mol. The number of methoxy groups -OCH3 is 2. The summed E-state index contributed by atoms with van der Waals surface area (Å²) in [6.07, 6.45) is 3.43. The minimum Gasteiger partial charge on any atom is -0.493 e. The molecular weight excluding hydrogens is 388 g/mol. The molecule has 1 heterocycles. The molecule has 0 aliphatic heterocycles. The Bertz CT molecular complexity index is 1070. The highest BCUT2D eigenvalue weighted by Gasteiger charge is 2.09. The predicted molar refractivity (Wildman–Crippen MR) is 111 cm³/mol. The van der Waals surface area contributed by atoms with E-state index >= 15 is 0 Å². The number of non-ortho nitro benzene ring substituents is 1. The maximum absolute atomic E-state index is 12.2. The molecule has 0 saturated heterocycles. The second-order valence-corrected chi connectivity index (χ2v) is 6.24. The zero-order valence-electron chi connectivity index (χ0n) is 16.4. The third kappa shape index (κ3) is 4.82. The lowest BCUT2D eigenvalue weighted by molar-refractivity contribution is -0.384. The molecule has 3 rings (SSSR count). The number of hydrogen-bond acceptors (Lipinski definition) is 6. The van der Waals surface area contributed by atoms with Crippen LogP contribution in [-0.2, 0) is 11.2 Å². The minimum atomic E-state index is -0.449. The summed E-state index contributed by atoms with van der Waals surface area (Å²) in [6, 6.07) is 15.0. The monoisotopic (exact) mass is 408 g/mol. The van der Waals surface area contributed by atoms with Crippen LogP contribution in [0, 0.1) is 10.1 Å². The molecule has 0 aliphatic rings. The molecule has 0 aliphatic carbocycles. The van der Waals surface area contributed by atoms with E-state index in [-0.39, 0.29) is 18.0 Å². The van der Waals surface area contributed by atoms with Crippen LogP contribution in [0.3, 0.4) is 0 Å². The summed E-state index contributed by atoms with van der Waals surface area (Å²) in [5.41, 5.74) is 4.71. The molecule has 154 valence electrons. The fourth-order valence-corrected chi connectivity index (χ4v) is 2.86. The van der Waals surface area contributed by atoms with Crippen molar-refractivity contribution in [3.8, 4) is 17.2 Å². The second kappa shape index (κ2) is 9.37. The first kappa shape index (κ1) is 20.6. The summed E-state index contributed by atoms with van der Waals surface area (Å²) < 4.78 is 12.2. The van der Waals surface area contributed by atoms with E-state index in [2.05, 4.69) is 10.5 Å². The van der Waals surface area contributed by atoms with E-state index in [1.165, 1.54) is 25.5 Å². The van der Waals surface area contributed by atoms with Crippen LogP contribution in [0.15, 0.2) is 65.9 Å². The smallest absolute Gasteiger partial charge is 0.269 e. The number of nitrogens with one attached hydrogen (secondary N) is 1. The molecule has 0 unspecified atom stereocenters. The molecular formula is C21H20N4O5. The van der Waals surface area contributed by atoms with E-state index in [1.54, 1.807) is 48.2 Å². The summed E-state index contributed by atoms with van der Waals surface area (Å²) in [4.78, 5) is 22.5. The van der Waals surface area contributed by atoms with Gasteiger partial charge >= 0.3 is 0 Å². The summed E-state index contributed by atoms with van der Waals surface area (Å²) >= 11 is 0. The van der Waals surface area contributed by atoms with Crippen LogP contribution < -0.4 is 14.9 Å². The Morgan fingerprint density at radius 3 is 2.53 bits per heavy atom. The normalized spacial score (nSPS) is 10.7. The third-order valence-electron chi connectivity index (χ3n) is 4.32. The highest BCUT2D eigenvalue weighted by atomic mass is 16.6. The van der Waals surface area contributed by atoms with E-state index in [0.717, 1.165) is 11.3 Å². The molecule has 1 N–H and O–H groups in total. The Morgan fingerprint density at radius 1 is 1.13 bits per heavy atom. The third-order valence-corrected chi connectivity index (χ3v) is 4.32. The number of carbonyl (C=O) groups is 1. The molecule has 1 aromatic heterocycles. The molecule has 9 nitrogen and oxygen atoms in total. The van der Waals surface area contributed by atoms with Crippen molar-refractivity contribution in [3.63, 3.8) is 0 Å². The van der Waals surface area contributed by atoms with Crippen LogP contribution >= 0.6 is 0 Å². The first-order valence-electron chi connectivity index (χ1n) is 8.97. The highest BCUT2D eigenvalue weighted by molar-refractivity contribution is 5.83. The van der Waals surface area contributed by atoms with Gasteiger partial charge in [-0.2, -0.15) is 5.10 Å². The standard InChI is InChI=1S/C21H20N4O5/c1-29-19-10-5-15(12-20(19)30-2)13-21(26)23-22-14-18-4-3-11-24(18)16-6-8-17(9-7-16)25(27)28/h3-12,14H,13H2,1-2H3,(H,23,26)/b22-14+. The largest absolute Gasteiger partial charge is 0.493 e. The van der Waals surface area contributed by atoms with Crippen molar-refractivity contribution >= 4 is 17.8 Å². The Kier molecular flexibility index (Phi) is 6.43. The van der Waals surface area contributed by atoms with Crippen molar-refractivity contribution in [1.82, 2.24) is 9.99 Å². The SMILES string of the molecule is COc1ccc(CC(=O)N/N=C/c2cccn2-c2ccc([N+](=O)[O-])cc2)cc1OC. The minimum absolute atomic E-state index is 0.0172. The van der Waals surface area contributed by atoms with Crippen molar-refractivity contribution in [2.24, 2.45) is 5.10 Å². The lowest BCUT2D eigenvalue weighted by Gasteiger charge is -2.09. The Labute approximate surface area is 172 Å². The number of nitro groups is 1. The number of nitrogens with zero attached hydrogens (tertiary/aromatic N) is 3. The van der Waals surface area contributed by atoms with E-state index in [0.29, 0.717) is 17.2 Å². The van der Waals surface area contributed by atoms with Gasteiger partial charge in [-0.3, -0.25) is 14.9 Å². The van der Waals surface area contributed by atoms with E-state index < -0.39 is 4.92 Å². The van der Waals surface area contributed by atoms with Gasteiger partial charge in [0.25, 0.3) is 5.69 Å². The van der Waals surface area contributed by atoms with Gasteiger partial charge in [0, 0.05) is 24.0 Å². The van der Waals surface area contributed by atoms with Crippen LogP contribution in [0.5, 0.6) is 11.5 Å². The molecule has 1 amide bonds. The van der Waals surface area contributed by atoms with Gasteiger partial charge in [-0.1, -0.05) is 6.07 Å². The number of aromatic nitrogens is 1. The summed E-state index contributed by atoms with van der Waals surface area (Å²) in [5.74, 6) is 0.853. The molecule has 0 fully saturated rings. The second-order valence-electron chi connectivity index (χ2n) is 6.24. The van der Waals surface area contributed by atoms with Gasteiger partial charge in [0.15, 0.2) is 11.5 Å². The van der Waals surface area contributed by atoms with Crippen LogP contribution in [0.2, 0.25) is 0 Å². The molecule has 2 aromatic carbocycles. The highest BCUT2D eigenvalue weighted by Crippen LogP contribution is 2.27. The Hall–Kier alpha value is -4.14. The first-order valence-corrected chi connectivity index (χ1v) is 8.97. The zero-order chi connectivity index (χ0) is 21.5. The van der Waals surface area contributed by atoms with Gasteiger partial charge in [-0.25, -0.2) is 5.43 Å². The maximum atomic E-state index is 12.2. The van der Waals surface area contributed by atoms with E-state index in [9.17, 15) is 14.9 Å². The van der Waals surface area contributed by atoms with Crippen molar-refractivity contribution in [3.05, 3.63) is 82.2 Å². The van der Waals surface area contributed by atoms with Crippen LogP contribution in [0.4, 0.5) is 5.69 Å². The number of hydrogen-bond donors (Lipinski definition) is 1. The molecule has 0 radical (unpaired) electrons. The van der Waals surface area contributed by atoms with Gasteiger partial charge in [0.1, 0.15) is 0 Å². The first-order chi connectivity index (χ1) is 14.5. The lowest BCUT2D eigenvalue weighted by Crippen LogP contribution is -2.20. The van der Waals surface area contributed by atoms with Crippen LogP contribution in [-0.4, -0.2) is 35.8 Å². The zero-order valence-corrected chi connectivity index (χ0v) is 16.4. The molecule has 3 aromatic rings. The number of carbonyl (C=O) groups excluding carboxylic acids is 1. The predicted octanol–water partition coefficient (Wildman–Crippen LogP) is 3.10. The Morgan fingerprint density at radius 2 is 1.87 bits per heavy atom.